The molecule has 24 heavy (non-hydrogen) atoms. The predicted octanol–water partition coefficient (Wildman–Crippen LogP) is 3.17. The third kappa shape index (κ3) is 5.30. The summed E-state index contributed by atoms with van der Waals surface area (Å²) in [4.78, 5) is 11.7. The van der Waals surface area contributed by atoms with E-state index in [9.17, 15) is 4.79 Å². The van der Waals surface area contributed by atoms with Crippen molar-refractivity contribution in [2.75, 3.05) is 26.4 Å². The van der Waals surface area contributed by atoms with Gasteiger partial charge in [0.05, 0.1) is 16.7 Å². The van der Waals surface area contributed by atoms with Gasteiger partial charge in [0, 0.05) is 12.1 Å². The number of rotatable bonds is 8. The summed E-state index contributed by atoms with van der Waals surface area (Å²) < 4.78 is 11.1. The molecule has 2 aromatic rings. The molecule has 2 rings (SSSR count). The molecule has 0 spiro atoms. The van der Waals surface area contributed by atoms with Crippen molar-refractivity contribution in [3.63, 3.8) is 0 Å². The SMILES string of the molecule is O=C(NCCO)c1ccc(OCCOc2c(Cl)cccc2Cl)cc1. The summed E-state index contributed by atoms with van der Waals surface area (Å²) in [6, 6.07) is 11.8. The van der Waals surface area contributed by atoms with Crippen molar-refractivity contribution >= 4 is 29.1 Å². The van der Waals surface area contributed by atoms with Crippen LogP contribution in [0, 0.1) is 0 Å². The minimum absolute atomic E-state index is 0.0949. The van der Waals surface area contributed by atoms with Crippen LogP contribution in [0.5, 0.6) is 11.5 Å². The van der Waals surface area contributed by atoms with Gasteiger partial charge in [0.15, 0.2) is 5.75 Å². The minimum atomic E-state index is -0.243. The molecule has 0 heterocycles. The van der Waals surface area contributed by atoms with Crippen molar-refractivity contribution in [1.82, 2.24) is 5.32 Å². The largest absolute Gasteiger partial charge is 0.490 e. The average Bonchev–Trinajstić information content (AvgIpc) is 2.59. The molecule has 0 radical (unpaired) electrons. The number of carbonyl (C=O) groups excluding carboxylic acids is 1. The Morgan fingerprint density at radius 1 is 1.00 bits per heavy atom. The number of ether oxygens (including phenoxy) is 2. The fourth-order valence-electron chi connectivity index (χ4n) is 1.90. The molecular formula is C17H17Cl2NO4. The maximum Gasteiger partial charge on any atom is 0.251 e. The topological polar surface area (TPSA) is 67.8 Å². The zero-order valence-corrected chi connectivity index (χ0v) is 14.3. The molecule has 0 aliphatic heterocycles. The molecule has 0 aliphatic rings. The Labute approximate surface area is 150 Å². The Morgan fingerprint density at radius 2 is 1.62 bits per heavy atom. The zero-order valence-electron chi connectivity index (χ0n) is 12.8. The quantitative estimate of drug-likeness (QED) is 0.701. The Morgan fingerprint density at radius 3 is 2.25 bits per heavy atom. The number of benzene rings is 2. The van der Waals surface area contributed by atoms with Gasteiger partial charge in [-0.1, -0.05) is 29.3 Å². The van der Waals surface area contributed by atoms with Gasteiger partial charge in [0.2, 0.25) is 0 Å². The van der Waals surface area contributed by atoms with Crippen molar-refractivity contribution in [2.24, 2.45) is 0 Å². The molecular weight excluding hydrogens is 353 g/mol. The van der Waals surface area contributed by atoms with E-state index in [1.807, 2.05) is 0 Å². The number of hydrogen-bond donors (Lipinski definition) is 2. The summed E-state index contributed by atoms with van der Waals surface area (Å²) in [7, 11) is 0. The monoisotopic (exact) mass is 369 g/mol. The first-order chi connectivity index (χ1) is 11.6. The lowest BCUT2D eigenvalue weighted by Crippen LogP contribution is -2.26. The molecule has 1 amide bonds. The molecule has 0 fully saturated rings. The summed E-state index contributed by atoms with van der Waals surface area (Å²) in [5, 5.41) is 12.1. The maximum atomic E-state index is 11.7. The van der Waals surface area contributed by atoms with Gasteiger partial charge in [-0.2, -0.15) is 0 Å². The predicted molar refractivity (Wildman–Crippen MR) is 93.3 cm³/mol. The number of aliphatic hydroxyl groups excluding tert-OH is 1. The van der Waals surface area contributed by atoms with E-state index in [4.69, 9.17) is 37.8 Å². The van der Waals surface area contributed by atoms with Gasteiger partial charge in [-0.25, -0.2) is 0 Å². The second kappa shape index (κ2) is 9.37. The second-order valence-corrected chi connectivity index (χ2v) is 5.57. The molecule has 0 bridgehead atoms. The number of para-hydroxylation sites is 1. The molecule has 0 saturated heterocycles. The van der Waals surface area contributed by atoms with Crippen LogP contribution in [0.15, 0.2) is 42.5 Å². The molecule has 0 unspecified atom stereocenters. The lowest BCUT2D eigenvalue weighted by Gasteiger charge is -2.11. The molecule has 2 aromatic carbocycles. The third-order valence-corrected chi connectivity index (χ3v) is 3.63. The lowest BCUT2D eigenvalue weighted by molar-refractivity contribution is 0.0944. The van der Waals surface area contributed by atoms with Crippen LogP contribution in [-0.2, 0) is 0 Å². The highest BCUT2D eigenvalue weighted by molar-refractivity contribution is 6.37. The van der Waals surface area contributed by atoms with Crippen LogP contribution < -0.4 is 14.8 Å². The molecule has 0 atom stereocenters. The van der Waals surface area contributed by atoms with E-state index in [0.717, 1.165) is 0 Å². The standard InChI is InChI=1S/C17H17Cl2NO4/c18-14-2-1-3-15(19)16(14)24-11-10-23-13-6-4-12(5-7-13)17(22)20-8-9-21/h1-7,21H,8-11H2,(H,20,22). The molecule has 0 aliphatic carbocycles. The normalized spacial score (nSPS) is 10.3. The zero-order chi connectivity index (χ0) is 17.4. The van der Waals surface area contributed by atoms with Gasteiger partial charge in [-0.15, -0.1) is 0 Å². The Hall–Kier alpha value is -1.95. The molecule has 0 saturated carbocycles. The van der Waals surface area contributed by atoms with Crippen LogP contribution in [0.2, 0.25) is 10.0 Å². The van der Waals surface area contributed by atoms with Crippen molar-refractivity contribution in [1.29, 1.82) is 0 Å². The van der Waals surface area contributed by atoms with Crippen LogP contribution in [0.1, 0.15) is 10.4 Å². The lowest BCUT2D eigenvalue weighted by atomic mass is 10.2. The summed E-state index contributed by atoms with van der Waals surface area (Å²) in [5.41, 5.74) is 0.495. The van der Waals surface area contributed by atoms with Crippen LogP contribution >= 0.6 is 23.2 Å². The first-order valence-corrected chi connectivity index (χ1v) is 8.06. The molecule has 128 valence electrons. The van der Waals surface area contributed by atoms with Crippen molar-refractivity contribution in [3.05, 3.63) is 58.1 Å². The number of nitrogens with one attached hydrogen (secondary N) is 1. The third-order valence-electron chi connectivity index (χ3n) is 3.03. The van der Waals surface area contributed by atoms with Gasteiger partial charge < -0.3 is 19.9 Å². The van der Waals surface area contributed by atoms with E-state index in [1.165, 1.54) is 0 Å². The Balaban J connectivity index is 1.79. The Kier molecular flexibility index (Phi) is 7.18. The van der Waals surface area contributed by atoms with Gasteiger partial charge in [-0.3, -0.25) is 4.79 Å². The smallest absolute Gasteiger partial charge is 0.251 e. The fraction of sp³-hybridized carbons (Fsp3) is 0.235. The summed E-state index contributed by atoms with van der Waals surface area (Å²) in [5.74, 6) is 0.801. The summed E-state index contributed by atoms with van der Waals surface area (Å²) in [6.07, 6.45) is 0. The van der Waals surface area contributed by atoms with Gasteiger partial charge in [0.25, 0.3) is 5.91 Å². The number of hydrogen-bond acceptors (Lipinski definition) is 4. The van der Waals surface area contributed by atoms with E-state index in [0.29, 0.717) is 33.7 Å². The molecule has 2 N–H and O–H groups in total. The van der Waals surface area contributed by atoms with Crippen LogP contribution in [0.4, 0.5) is 0 Å². The summed E-state index contributed by atoms with van der Waals surface area (Å²) >= 11 is 12.0. The number of halogens is 2. The highest BCUT2D eigenvalue weighted by atomic mass is 35.5. The van der Waals surface area contributed by atoms with Crippen molar-refractivity contribution < 1.29 is 19.4 Å². The van der Waals surface area contributed by atoms with Crippen molar-refractivity contribution in [3.8, 4) is 11.5 Å². The van der Waals surface area contributed by atoms with Crippen molar-refractivity contribution in [2.45, 2.75) is 0 Å². The fourth-order valence-corrected chi connectivity index (χ4v) is 2.40. The molecule has 0 aromatic heterocycles. The average molecular weight is 370 g/mol. The highest BCUT2D eigenvalue weighted by Crippen LogP contribution is 2.32. The highest BCUT2D eigenvalue weighted by Gasteiger charge is 2.07. The van der Waals surface area contributed by atoms with Crippen LogP contribution in [0.3, 0.4) is 0 Å². The van der Waals surface area contributed by atoms with Crippen LogP contribution in [0.25, 0.3) is 0 Å². The molecule has 5 nitrogen and oxygen atoms in total. The summed E-state index contributed by atoms with van der Waals surface area (Å²) in [6.45, 7) is 0.710. The Bertz CT molecular complexity index is 657. The number of carbonyl (C=O) groups is 1. The van der Waals surface area contributed by atoms with E-state index < -0.39 is 0 Å². The van der Waals surface area contributed by atoms with Gasteiger partial charge in [0.1, 0.15) is 19.0 Å². The first kappa shape index (κ1) is 18.4. The second-order valence-electron chi connectivity index (χ2n) is 4.75. The number of aliphatic hydroxyl groups is 1. The van der Waals surface area contributed by atoms with E-state index in [2.05, 4.69) is 5.32 Å². The minimum Gasteiger partial charge on any atom is -0.490 e. The van der Waals surface area contributed by atoms with Gasteiger partial charge in [-0.05, 0) is 36.4 Å². The van der Waals surface area contributed by atoms with Gasteiger partial charge >= 0.3 is 0 Å². The maximum absolute atomic E-state index is 11.7. The van der Waals surface area contributed by atoms with E-state index >= 15 is 0 Å². The van der Waals surface area contributed by atoms with E-state index in [1.54, 1.807) is 42.5 Å². The molecule has 7 heteroatoms. The number of amides is 1. The van der Waals surface area contributed by atoms with Crippen LogP contribution in [-0.4, -0.2) is 37.4 Å². The first-order valence-electron chi connectivity index (χ1n) is 7.30. The van der Waals surface area contributed by atoms with E-state index in [-0.39, 0.29) is 25.7 Å².